The quantitative estimate of drug-likeness (QED) is 0.343. The van der Waals surface area contributed by atoms with Crippen LogP contribution in [0.2, 0.25) is 0 Å². The van der Waals surface area contributed by atoms with Crippen LogP contribution in [0.4, 0.5) is 5.69 Å². The highest BCUT2D eigenvalue weighted by atomic mass is 16.5. The Balaban J connectivity index is 1.58. The molecule has 3 aromatic carbocycles. The van der Waals surface area contributed by atoms with E-state index < -0.39 is 0 Å². The van der Waals surface area contributed by atoms with Gasteiger partial charge in [0.15, 0.2) is 0 Å². The molecule has 1 heterocycles. The van der Waals surface area contributed by atoms with E-state index in [4.69, 9.17) is 9.73 Å². The lowest BCUT2D eigenvalue weighted by Crippen LogP contribution is -2.35. The van der Waals surface area contributed by atoms with Crippen LogP contribution in [0.25, 0.3) is 11.1 Å². The molecule has 5 nitrogen and oxygen atoms in total. The molecule has 0 saturated carbocycles. The zero-order valence-electron chi connectivity index (χ0n) is 21.1. The fraction of sp³-hybridized carbons (Fsp3) is 0.258. The summed E-state index contributed by atoms with van der Waals surface area (Å²) in [5, 5.41) is 9.44. The van der Waals surface area contributed by atoms with E-state index in [-0.39, 0.29) is 5.78 Å². The summed E-state index contributed by atoms with van der Waals surface area (Å²) in [6, 6.07) is 26.3. The lowest BCUT2D eigenvalue weighted by molar-refractivity contribution is -0.116. The van der Waals surface area contributed by atoms with Crippen molar-refractivity contribution in [3.63, 3.8) is 0 Å². The number of allylic oxidation sites excluding steroid dienone is 1. The van der Waals surface area contributed by atoms with Gasteiger partial charge in [0, 0.05) is 18.7 Å². The summed E-state index contributed by atoms with van der Waals surface area (Å²) in [5.74, 6) is 1.84. The highest BCUT2D eigenvalue weighted by Crippen LogP contribution is 2.29. The number of hydrogen-bond donors (Lipinski definition) is 0. The van der Waals surface area contributed by atoms with Gasteiger partial charge in [-0.2, -0.15) is 5.26 Å². The fourth-order valence-corrected chi connectivity index (χ4v) is 4.39. The number of carbonyl (C=O) groups is 1. The third kappa shape index (κ3) is 5.90. The van der Waals surface area contributed by atoms with Crippen molar-refractivity contribution >= 4 is 17.3 Å². The molecular weight excluding hydrogens is 446 g/mol. The SMILES string of the molecule is CCCOc1ccc(N2CC(Cc3ccc(-c4ccccc4C#N)cc3)=C(CC(C)=O)N=C2C)cc1. The number of ketones is 1. The predicted molar refractivity (Wildman–Crippen MR) is 145 cm³/mol. The smallest absolute Gasteiger partial charge is 0.135 e. The average molecular weight is 478 g/mol. The van der Waals surface area contributed by atoms with Crippen molar-refractivity contribution in [1.82, 2.24) is 0 Å². The molecule has 0 aliphatic carbocycles. The first-order valence-corrected chi connectivity index (χ1v) is 12.3. The Labute approximate surface area is 213 Å². The number of aliphatic imine (C=N–C) groups is 1. The topological polar surface area (TPSA) is 65.7 Å². The normalized spacial score (nSPS) is 13.3. The molecule has 0 spiro atoms. The monoisotopic (exact) mass is 477 g/mol. The summed E-state index contributed by atoms with van der Waals surface area (Å²) >= 11 is 0. The summed E-state index contributed by atoms with van der Waals surface area (Å²) in [6.45, 7) is 7.06. The number of Topliss-reactive ketones (excluding diaryl/α,β-unsaturated/α-hetero) is 1. The van der Waals surface area contributed by atoms with Gasteiger partial charge in [-0.3, -0.25) is 4.79 Å². The lowest BCUT2D eigenvalue weighted by atomic mass is 9.95. The molecule has 0 unspecified atom stereocenters. The molecule has 0 radical (unpaired) electrons. The second-order valence-electron chi connectivity index (χ2n) is 9.05. The zero-order chi connectivity index (χ0) is 25.5. The highest BCUT2D eigenvalue weighted by Gasteiger charge is 2.22. The van der Waals surface area contributed by atoms with E-state index in [1.165, 1.54) is 0 Å². The number of anilines is 1. The van der Waals surface area contributed by atoms with E-state index in [1.807, 2.05) is 43.3 Å². The van der Waals surface area contributed by atoms with Crippen LogP contribution in [-0.4, -0.2) is 24.8 Å². The number of hydrogen-bond acceptors (Lipinski definition) is 5. The van der Waals surface area contributed by atoms with Crippen LogP contribution < -0.4 is 9.64 Å². The van der Waals surface area contributed by atoms with Gasteiger partial charge in [-0.15, -0.1) is 0 Å². The van der Waals surface area contributed by atoms with Crippen molar-refractivity contribution in [1.29, 1.82) is 5.26 Å². The molecule has 0 bridgehead atoms. The largest absolute Gasteiger partial charge is 0.494 e. The molecule has 5 heteroatoms. The molecule has 0 fully saturated rings. The van der Waals surface area contributed by atoms with Gasteiger partial charge < -0.3 is 9.64 Å². The maximum atomic E-state index is 12.0. The highest BCUT2D eigenvalue weighted by molar-refractivity contribution is 5.98. The van der Waals surface area contributed by atoms with E-state index in [1.54, 1.807) is 6.92 Å². The van der Waals surface area contributed by atoms with E-state index >= 15 is 0 Å². The molecule has 1 aliphatic heterocycles. The van der Waals surface area contributed by atoms with Crippen molar-refractivity contribution in [2.24, 2.45) is 4.99 Å². The Bertz CT molecular complexity index is 1330. The molecule has 182 valence electrons. The van der Waals surface area contributed by atoms with Crippen LogP contribution >= 0.6 is 0 Å². The summed E-state index contributed by atoms with van der Waals surface area (Å²) in [5.41, 5.74) is 6.78. The van der Waals surface area contributed by atoms with Gasteiger partial charge in [-0.25, -0.2) is 4.99 Å². The fourth-order valence-electron chi connectivity index (χ4n) is 4.39. The number of nitriles is 1. The molecule has 0 N–H and O–H groups in total. The Morgan fingerprint density at radius 1 is 1.06 bits per heavy atom. The number of amidine groups is 1. The summed E-state index contributed by atoms with van der Waals surface area (Å²) in [7, 11) is 0. The third-order valence-corrected chi connectivity index (χ3v) is 6.21. The van der Waals surface area contributed by atoms with Crippen molar-refractivity contribution in [2.45, 2.75) is 40.0 Å². The molecule has 0 saturated heterocycles. The van der Waals surface area contributed by atoms with E-state index in [0.717, 1.165) is 51.7 Å². The molecule has 0 aromatic heterocycles. The van der Waals surface area contributed by atoms with Gasteiger partial charge in [0.2, 0.25) is 0 Å². The number of benzene rings is 3. The van der Waals surface area contributed by atoms with Gasteiger partial charge in [-0.1, -0.05) is 49.4 Å². The maximum absolute atomic E-state index is 12.0. The minimum absolute atomic E-state index is 0.105. The van der Waals surface area contributed by atoms with Gasteiger partial charge in [0.05, 0.1) is 23.9 Å². The number of carbonyl (C=O) groups excluding carboxylic acids is 1. The van der Waals surface area contributed by atoms with Crippen molar-refractivity contribution in [3.8, 4) is 22.9 Å². The van der Waals surface area contributed by atoms with E-state index in [9.17, 15) is 10.1 Å². The van der Waals surface area contributed by atoms with E-state index in [2.05, 4.69) is 54.3 Å². The van der Waals surface area contributed by atoms with Crippen LogP contribution in [0.5, 0.6) is 5.75 Å². The van der Waals surface area contributed by atoms with Crippen LogP contribution in [0.15, 0.2) is 89.1 Å². The van der Waals surface area contributed by atoms with Gasteiger partial charge in [0.25, 0.3) is 0 Å². The third-order valence-electron chi connectivity index (χ3n) is 6.21. The van der Waals surface area contributed by atoms with Crippen molar-refractivity contribution in [2.75, 3.05) is 18.1 Å². The second-order valence-corrected chi connectivity index (χ2v) is 9.05. The summed E-state index contributed by atoms with van der Waals surface area (Å²) < 4.78 is 5.73. The Hall–Kier alpha value is -4.17. The minimum Gasteiger partial charge on any atom is -0.494 e. The van der Waals surface area contributed by atoms with E-state index in [0.29, 0.717) is 31.6 Å². The van der Waals surface area contributed by atoms with Gasteiger partial charge >= 0.3 is 0 Å². The molecular formula is C31H31N3O2. The number of rotatable bonds is 9. The molecule has 0 amide bonds. The number of nitrogens with zero attached hydrogens (tertiary/aromatic N) is 3. The molecule has 1 aliphatic rings. The average Bonchev–Trinajstić information content (AvgIpc) is 2.89. The number of ether oxygens (including phenoxy) is 1. The maximum Gasteiger partial charge on any atom is 0.135 e. The van der Waals surface area contributed by atoms with Crippen LogP contribution in [0.1, 0.15) is 44.7 Å². The summed E-state index contributed by atoms with van der Waals surface area (Å²) in [6.07, 6.45) is 2.00. The van der Waals surface area contributed by atoms with Gasteiger partial charge in [-0.05, 0) is 79.3 Å². The molecule has 4 rings (SSSR count). The Morgan fingerprint density at radius 3 is 2.44 bits per heavy atom. The summed E-state index contributed by atoms with van der Waals surface area (Å²) in [4.78, 5) is 19.0. The Morgan fingerprint density at radius 2 is 1.78 bits per heavy atom. The second kappa shape index (κ2) is 11.5. The van der Waals surface area contributed by atoms with Crippen LogP contribution in [-0.2, 0) is 11.2 Å². The van der Waals surface area contributed by atoms with Crippen LogP contribution in [0.3, 0.4) is 0 Å². The van der Waals surface area contributed by atoms with Crippen molar-refractivity contribution < 1.29 is 9.53 Å². The van der Waals surface area contributed by atoms with Gasteiger partial charge in [0.1, 0.15) is 17.4 Å². The zero-order valence-corrected chi connectivity index (χ0v) is 21.1. The molecule has 0 atom stereocenters. The van der Waals surface area contributed by atoms with Crippen LogP contribution in [0, 0.1) is 11.3 Å². The first-order chi connectivity index (χ1) is 17.5. The molecule has 36 heavy (non-hydrogen) atoms. The first-order valence-electron chi connectivity index (χ1n) is 12.3. The lowest BCUT2D eigenvalue weighted by Gasteiger charge is -2.31. The van der Waals surface area contributed by atoms with Crippen molar-refractivity contribution in [3.05, 3.63) is 95.2 Å². The first kappa shape index (κ1) is 24.9. The Kier molecular flexibility index (Phi) is 7.97. The predicted octanol–water partition coefficient (Wildman–Crippen LogP) is 6.73. The standard InChI is InChI=1S/C31H31N3O2/c1-4-17-36-29-15-13-28(14-16-29)34-21-27(31(18-22(2)35)33-23(34)3)19-24-9-11-25(12-10-24)30-8-6-5-7-26(30)20-32/h5-16H,4,17-19,21H2,1-3H3. The molecule has 3 aromatic rings. The minimum atomic E-state index is 0.105.